The topological polar surface area (TPSA) is 76.2 Å². The molecule has 2 N–H and O–H groups in total. The highest BCUT2D eigenvalue weighted by atomic mass is 35.5. The van der Waals surface area contributed by atoms with Gasteiger partial charge in [0.05, 0.1) is 11.6 Å². The number of aromatic amines is 1. The number of para-hydroxylation sites is 1. The van der Waals surface area contributed by atoms with Crippen molar-refractivity contribution in [3.8, 4) is 5.88 Å². The zero-order valence-electron chi connectivity index (χ0n) is 13.7. The summed E-state index contributed by atoms with van der Waals surface area (Å²) in [5.74, 6) is 0.257. The minimum absolute atomic E-state index is 0.262. The van der Waals surface area contributed by atoms with Gasteiger partial charge in [-0.3, -0.25) is 4.79 Å². The van der Waals surface area contributed by atoms with Crippen molar-refractivity contribution >= 4 is 28.4 Å². The number of carbonyl (C=O) groups excluding carboxylic acids is 1. The van der Waals surface area contributed by atoms with E-state index in [4.69, 9.17) is 21.1 Å². The van der Waals surface area contributed by atoms with E-state index in [0.717, 1.165) is 16.5 Å². The fraction of sp³-hybridized carbons (Fsp3) is 0.222. The third kappa shape index (κ3) is 4.10. The average Bonchev–Trinajstić information content (AvgIpc) is 2.98. The first-order chi connectivity index (χ1) is 12.2. The Morgan fingerprint density at radius 2 is 2.08 bits per heavy atom. The molecule has 0 saturated carbocycles. The lowest BCUT2D eigenvalue weighted by Gasteiger charge is -2.07. The van der Waals surface area contributed by atoms with Gasteiger partial charge in [0, 0.05) is 36.8 Å². The summed E-state index contributed by atoms with van der Waals surface area (Å²) < 4.78 is 10.3. The number of carbonyl (C=O) groups is 1. The number of hydrogen-bond acceptors (Lipinski definition) is 4. The number of rotatable bonds is 7. The van der Waals surface area contributed by atoms with Crippen LogP contribution in [0, 0.1) is 0 Å². The van der Waals surface area contributed by atoms with Crippen LogP contribution in [0.5, 0.6) is 5.88 Å². The summed E-state index contributed by atoms with van der Waals surface area (Å²) in [4.78, 5) is 19.6. The molecule has 0 atom stereocenters. The summed E-state index contributed by atoms with van der Waals surface area (Å²) in [7, 11) is 1.61. The summed E-state index contributed by atoms with van der Waals surface area (Å²) in [6, 6.07) is 11.1. The molecule has 2 aromatic heterocycles. The molecule has 3 rings (SSSR count). The molecule has 25 heavy (non-hydrogen) atoms. The van der Waals surface area contributed by atoms with Gasteiger partial charge in [0.1, 0.15) is 12.3 Å². The number of pyridine rings is 1. The lowest BCUT2D eigenvalue weighted by Crippen LogP contribution is -2.23. The zero-order chi connectivity index (χ0) is 17.6. The first-order valence-electron chi connectivity index (χ1n) is 7.80. The summed E-state index contributed by atoms with van der Waals surface area (Å²) >= 11 is 6.28. The number of nitrogens with zero attached hydrogens (tertiary/aromatic N) is 1. The van der Waals surface area contributed by atoms with Crippen LogP contribution in [0.2, 0.25) is 5.02 Å². The van der Waals surface area contributed by atoms with Gasteiger partial charge < -0.3 is 19.8 Å². The number of methoxy groups -OCH3 is 1. The Morgan fingerprint density at radius 1 is 1.24 bits per heavy atom. The number of halogens is 1. The molecule has 130 valence electrons. The second-order valence-electron chi connectivity index (χ2n) is 5.39. The van der Waals surface area contributed by atoms with Crippen LogP contribution in [0.25, 0.3) is 10.9 Å². The van der Waals surface area contributed by atoms with Crippen molar-refractivity contribution in [2.24, 2.45) is 0 Å². The first-order valence-corrected chi connectivity index (χ1v) is 8.18. The summed E-state index contributed by atoms with van der Waals surface area (Å²) in [5.41, 5.74) is 2.05. The number of nitrogens with one attached hydrogen (secondary N) is 2. The smallest absolute Gasteiger partial charge is 0.269 e. The van der Waals surface area contributed by atoms with Crippen LogP contribution in [0.15, 0.2) is 42.6 Å². The standard InChI is InChI=1S/C18H18ClN3O3/c1-24-8-9-25-15-7-6-12(10-20-15)11-21-18(23)17-16(19)13-4-2-3-5-14(13)22-17/h2-7,10,22H,8-9,11H2,1H3,(H,21,23). The third-order valence-electron chi connectivity index (χ3n) is 3.66. The number of ether oxygens (including phenoxy) is 2. The SMILES string of the molecule is COCCOc1ccc(CNC(=O)c2[nH]c3ccccc3c2Cl)cn1. The number of fused-ring (bicyclic) bond motifs is 1. The molecule has 1 amide bonds. The van der Waals surface area contributed by atoms with Crippen LogP contribution in [-0.2, 0) is 11.3 Å². The maximum Gasteiger partial charge on any atom is 0.269 e. The molecule has 0 aliphatic heterocycles. The second kappa shape index (κ2) is 8.00. The Bertz CT molecular complexity index is 862. The summed E-state index contributed by atoms with van der Waals surface area (Å²) in [6.45, 7) is 1.29. The Kier molecular flexibility index (Phi) is 5.53. The van der Waals surface area contributed by atoms with Gasteiger partial charge in [-0.05, 0) is 11.6 Å². The fourth-order valence-corrected chi connectivity index (χ4v) is 2.66. The largest absolute Gasteiger partial charge is 0.475 e. The number of hydrogen-bond donors (Lipinski definition) is 2. The number of aromatic nitrogens is 2. The van der Waals surface area contributed by atoms with Crippen LogP contribution in [0.3, 0.4) is 0 Å². The van der Waals surface area contributed by atoms with Crippen molar-refractivity contribution in [2.75, 3.05) is 20.3 Å². The highest BCUT2D eigenvalue weighted by molar-refractivity contribution is 6.38. The van der Waals surface area contributed by atoms with Crippen LogP contribution in [0.4, 0.5) is 0 Å². The Balaban J connectivity index is 1.60. The molecule has 2 heterocycles. The van der Waals surface area contributed by atoms with Gasteiger partial charge in [-0.25, -0.2) is 4.98 Å². The predicted molar refractivity (Wildman–Crippen MR) is 96.1 cm³/mol. The molecule has 0 saturated heterocycles. The van der Waals surface area contributed by atoms with Gasteiger partial charge in [0.25, 0.3) is 5.91 Å². The number of H-pyrrole nitrogens is 1. The minimum atomic E-state index is -0.262. The summed E-state index contributed by atoms with van der Waals surface area (Å²) in [6.07, 6.45) is 1.66. The van der Waals surface area contributed by atoms with Crippen molar-refractivity contribution in [3.63, 3.8) is 0 Å². The van der Waals surface area contributed by atoms with E-state index in [1.54, 1.807) is 19.4 Å². The molecule has 0 aliphatic carbocycles. The maximum absolute atomic E-state index is 12.4. The monoisotopic (exact) mass is 359 g/mol. The van der Waals surface area contributed by atoms with Gasteiger partial charge in [0.15, 0.2) is 0 Å². The average molecular weight is 360 g/mol. The van der Waals surface area contributed by atoms with Crippen molar-refractivity contribution in [2.45, 2.75) is 6.54 Å². The molecule has 0 radical (unpaired) electrons. The highest BCUT2D eigenvalue weighted by Gasteiger charge is 2.15. The number of benzene rings is 1. The van der Waals surface area contributed by atoms with Crippen LogP contribution < -0.4 is 10.1 Å². The quantitative estimate of drug-likeness (QED) is 0.635. The molecular formula is C18H18ClN3O3. The number of amides is 1. The van der Waals surface area contributed by atoms with Gasteiger partial charge in [-0.2, -0.15) is 0 Å². The second-order valence-corrected chi connectivity index (χ2v) is 5.77. The maximum atomic E-state index is 12.4. The van der Waals surface area contributed by atoms with Gasteiger partial charge in [-0.15, -0.1) is 0 Å². The van der Waals surface area contributed by atoms with Gasteiger partial charge in [-0.1, -0.05) is 35.9 Å². The van der Waals surface area contributed by atoms with E-state index >= 15 is 0 Å². The molecule has 0 aliphatic rings. The predicted octanol–water partition coefficient (Wildman–Crippen LogP) is 3.17. The lowest BCUT2D eigenvalue weighted by molar-refractivity contribution is 0.0947. The molecule has 0 fully saturated rings. The van der Waals surface area contributed by atoms with Crippen LogP contribution >= 0.6 is 11.6 Å². The Morgan fingerprint density at radius 3 is 2.80 bits per heavy atom. The summed E-state index contributed by atoms with van der Waals surface area (Å²) in [5, 5.41) is 4.08. The molecule has 1 aromatic carbocycles. The third-order valence-corrected chi connectivity index (χ3v) is 4.05. The Hall–Kier alpha value is -2.57. The van der Waals surface area contributed by atoms with E-state index in [9.17, 15) is 4.79 Å². The van der Waals surface area contributed by atoms with Crippen molar-refractivity contribution in [1.29, 1.82) is 0 Å². The lowest BCUT2D eigenvalue weighted by atomic mass is 10.2. The molecule has 6 nitrogen and oxygen atoms in total. The van der Waals surface area contributed by atoms with Crippen molar-refractivity contribution in [1.82, 2.24) is 15.3 Å². The van der Waals surface area contributed by atoms with E-state index in [1.165, 1.54) is 0 Å². The van der Waals surface area contributed by atoms with Crippen molar-refractivity contribution in [3.05, 3.63) is 58.9 Å². The molecule has 0 spiro atoms. The van der Waals surface area contributed by atoms with E-state index in [2.05, 4.69) is 15.3 Å². The van der Waals surface area contributed by atoms with E-state index < -0.39 is 0 Å². The molecule has 0 bridgehead atoms. The van der Waals surface area contributed by atoms with Crippen LogP contribution in [0.1, 0.15) is 16.1 Å². The highest BCUT2D eigenvalue weighted by Crippen LogP contribution is 2.27. The zero-order valence-corrected chi connectivity index (χ0v) is 14.5. The molecule has 3 aromatic rings. The van der Waals surface area contributed by atoms with Crippen molar-refractivity contribution < 1.29 is 14.3 Å². The molecular weight excluding hydrogens is 342 g/mol. The minimum Gasteiger partial charge on any atom is -0.475 e. The van der Waals surface area contributed by atoms with Gasteiger partial charge in [0.2, 0.25) is 5.88 Å². The molecule has 7 heteroatoms. The van der Waals surface area contributed by atoms with Crippen LogP contribution in [-0.4, -0.2) is 36.2 Å². The Labute approximate surface area is 150 Å². The van der Waals surface area contributed by atoms with E-state index in [1.807, 2.05) is 30.3 Å². The fourth-order valence-electron chi connectivity index (χ4n) is 2.37. The normalized spacial score (nSPS) is 10.8. The van der Waals surface area contributed by atoms with E-state index in [-0.39, 0.29) is 5.91 Å². The van der Waals surface area contributed by atoms with Gasteiger partial charge >= 0.3 is 0 Å². The molecule has 0 unspecified atom stereocenters. The first kappa shape index (κ1) is 17.3. The van der Waals surface area contributed by atoms with E-state index in [0.29, 0.717) is 36.4 Å².